The summed E-state index contributed by atoms with van der Waals surface area (Å²) in [4.78, 5) is 14.5. The van der Waals surface area contributed by atoms with Gasteiger partial charge >= 0.3 is 0 Å². The standard InChI is InChI=1S/C19H24N2O3S/c1-15-2-4-17(5-3-15)24-13-19(22)20-12-18(16-6-11-25-14-16)21-7-9-23-10-8-21/h2-6,11,14,18H,7-10,12-13H2,1H3,(H,20,22). The van der Waals surface area contributed by atoms with Crippen LogP contribution >= 0.6 is 11.3 Å². The Morgan fingerprint density at radius 3 is 2.72 bits per heavy atom. The third-order valence-electron chi connectivity index (χ3n) is 4.30. The van der Waals surface area contributed by atoms with Crippen LogP contribution in [0, 0.1) is 6.92 Å². The Kier molecular flexibility index (Phi) is 6.44. The molecular formula is C19H24N2O3S. The van der Waals surface area contributed by atoms with Gasteiger partial charge in [-0.15, -0.1) is 0 Å². The van der Waals surface area contributed by atoms with Crippen LogP contribution in [0.4, 0.5) is 0 Å². The highest BCUT2D eigenvalue weighted by atomic mass is 32.1. The predicted molar refractivity (Wildman–Crippen MR) is 99.1 cm³/mol. The molecule has 1 aliphatic heterocycles. The molecule has 25 heavy (non-hydrogen) atoms. The largest absolute Gasteiger partial charge is 0.484 e. The first kappa shape index (κ1) is 17.9. The average molecular weight is 360 g/mol. The molecule has 1 unspecified atom stereocenters. The summed E-state index contributed by atoms with van der Waals surface area (Å²) in [6.45, 7) is 5.88. The summed E-state index contributed by atoms with van der Waals surface area (Å²) in [6, 6.07) is 10.0. The Bertz CT molecular complexity index is 652. The van der Waals surface area contributed by atoms with Crippen LogP contribution in [0.5, 0.6) is 5.75 Å². The molecule has 0 bridgehead atoms. The second-order valence-electron chi connectivity index (χ2n) is 6.13. The minimum Gasteiger partial charge on any atom is -0.484 e. The van der Waals surface area contributed by atoms with Gasteiger partial charge in [0.1, 0.15) is 5.75 Å². The van der Waals surface area contributed by atoms with Crippen molar-refractivity contribution in [2.45, 2.75) is 13.0 Å². The molecule has 2 aromatic rings. The number of nitrogens with one attached hydrogen (secondary N) is 1. The lowest BCUT2D eigenvalue weighted by atomic mass is 10.1. The van der Waals surface area contributed by atoms with Gasteiger partial charge in [0.05, 0.1) is 19.3 Å². The smallest absolute Gasteiger partial charge is 0.258 e. The maximum absolute atomic E-state index is 12.2. The highest BCUT2D eigenvalue weighted by Crippen LogP contribution is 2.23. The number of aryl methyl sites for hydroxylation is 1. The minimum atomic E-state index is -0.103. The molecule has 2 heterocycles. The summed E-state index contributed by atoms with van der Waals surface area (Å²) in [5.74, 6) is 0.609. The molecule has 0 aliphatic carbocycles. The predicted octanol–water partition coefficient (Wildman–Crippen LogP) is 2.63. The van der Waals surface area contributed by atoms with Crippen molar-refractivity contribution in [2.75, 3.05) is 39.5 Å². The number of hydrogen-bond donors (Lipinski definition) is 1. The minimum absolute atomic E-state index is 0.0303. The zero-order chi connectivity index (χ0) is 17.5. The van der Waals surface area contributed by atoms with Crippen LogP contribution in [-0.2, 0) is 9.53 Å². The van der Waals surface area contributed by atoms with Gasteiger partial charge in [-0.1, -0.05) is 17.7 Å². The lowest BCUT2D eigenvalue weighted by Gasteiger charge is -2.34. The lowest BCUT2D eigenvalue weighted by molar-refractivity contribution is -0.123. The number of morpholine rings is 1. The number of ether oxygens (including phenoxy) is 2. The van der Waals surface area contributed by atoms with Gasteiger partial charge in [-0.2, -0.15) is 11.3 Å². The Labute approximate surface area is 152 Å². The van der Waals surface area contributed by atoms with Crippen LogP contribution < -0.4 is 10.1 Å². The van der Waals surface area contributed by atoms with Crippen molar-refractivity contribution in [2.24, 2.45) is 0 Å². The fraction of sp³-hybridized carbons (Fsp3) is 0.421. The molecule has 0 saturated carbocycles. The van der Waals surface area contributed by atoms with Gasteiger partial charge in [0.2, 0.25) is 0 Å². The van der Waals surface area contributed by atoms with Gasteiger partial charge in [0, 0.05) is 19.6 Å². The molecule has 1 saturated heterocycles. The Morgan fingerprint density at radius 2 is 2.04 bits per heavy atom. The lowest BCUT2D eigenvalue weighted by Crippen LogP contribution is -2.44. The van der Waals surface area contributed by atoms with Crippen molar-refractivity contribution < 1.29 is 14.3 Å². The van der Waals surface area contributed by atoms with Gasteiger partial charge in [-0.05, 0) is 41.4 Å². The molecule has 3 rings (SSSR count). The Hall–Kier alpha value is -1.89. The van der Waals surface area contributed by atoms with E-state index < -0.39 is 0 Å². The summed E-state index contributed by atoms with van der Waals surface area (Å²) in [7, 11) is 0. The number of thiophene rings is 1. The highest BCUT2D eigenvalue weighted by Gasteiger charge is 2.23. The molecule has 1 aliphatic rings. The number of carbonyl (C=O) groups is 1. The maximum Gasteiger partial charge on any atom is 0.258 e. The zero-order valence-corrected chi connectivity index (χ0v) is 15.3. The van der Waals surface area contributed by atoms with Crippen molar-refractivity contribution in [3.63, 3.8) is 0 Å². The second kappa shape index (κ2) is 8.99. The molecule has 1 aromatic heterocycles. The summed E-state index contributed by atoms with van der Waals surface area (Å²) >= 11 is 1.68. The van der Waals surface area contributed by atoms with Crippen LogP contribution in [0.2, 0.25) is 0 Å². The molecule has 1 atom stereocenters. The maximum atomic E-state index is 12.2. The zero-order valence-electron chi connectivity index (χ0n) is 14.4. The fourth-order valence-electron chi connectivity index (χ4n) is 2.86. The molecule has 6 heteroatoms. The van der Waals surface area contributed by atoms with Crippen molar-refractivity contribution in [1.82, 2.24) is 10.2 Å². The van der Waals surface area contributed by atoms with E-state index in [4.69, 9.17) is 9.47 Å². The van der Waals surface area contributed by atoms with Crippen LogP contribution in [0.25, 0.3) is 0 Å². The first-order valence-electron chi connectivity index (χ1n) is 8.52. The van der Waals surface area contributed by atoms with Crippen molar-refractivity contribution in [1.29, 1.82) is 0 Å². The molecule has 1 amide bonds. The van der Waals surface area contributed by atoms with E-state index in [2.05, 4.69) is 27.0 Å². The van der Waals surface area contributed by atoms with E-state index in [9.17, 15) is 4.79 Å². The molecule has 1 fully saturated rings. The second-order valence-corrected chi connectivity index (χ2v) is 6.91. The van der Waals surface area contributed by atoms with Crippen LogP contribution in [-0.4, -0.2) is 50.3 Å². The summed E-state index contributed by atoms with van der Waals surface area (Å²) in [6.07, 6.45) is 0. The van der Waals surface area contributed by atoms with Crippen molar-refractivity contribution >= 4 is 17.2 Å². The van der Waals surface area contributed by atoms with Crippen LogP contribution in [0.3, 0.4) is 0 Å². The monoisotopic (exact) mass is 360 g/mol. The first-order chi connectivity index (χ1) is 12.2. The number of benzene rings is 1. The molecule has 1 aromatic carbocycles. The first-order valence-corrected chi connectivity index (χ1v) is 9.47. The third kappa shape index (κ3) is 5.29. The topological polar surface area (TPSA) is 50.8 Å². The van der Waals surface area contributed by atoms with Crippen LogP contribution in [0.15, 0.2) is 41.1 Å². The normalized spacial score (nSPS) is 16.4. The molecule has 0 radical (unpaired) electrons. The van der Waals surface area contributed by atoms with E-state index in [-0.39, 0.29) is 18.6 Å². The Morgan fingerprint density at radius 1 is 1.28 bits per heavy atom. The van der Waals surface area contributed by atoms with Gasteiger partial charge in [-0.25, -0.2) is 0 Å². The van der Waals surface area contributed by atoms with Crippen molar-refractivity contribution in [3.8, 4) is 5.75 Å². The SMILES string of the molecule is Cc1ccc(OCC(=O)NCC(c2ccsc2)N2CCOCC2)cc1. The molecular weight excluding hydrogens is 336 g/mol. The van der Waals surface area contributed by atoms with E-state index in [0.29, 0.717) is 12.3 Å². The number of hydrogen-bond acceptors (Lipinski definition) is 5. The highest BCUT2D eigenvalue weighted by molar-refractivity contribution is 7.07. The fourth-order valence-corrected chi connectivity index (χ4v) is 3.56. The quantitative estimate of drug-likeness (QED) is 0.825. The van der Waals surface area contributed by atoms with E-state index in [1.54, 1.807) is 11.3 Å². The molecule has 5 nitrogen and oxygen atoms in total. The Balaban J connectivity index is 1.51. The van der Waals surface area contributed by atoms with E-state index in [1.807, 2.05) is 31.2 Å². The van der Waals surface area contributed by atoms with Gasteiger partial charge in [-0.3, -0.25) is 9.69 Å². The molecule has 0 spiro atoms. The number of nitrogens with zero attached hydrogens (tertiary/aromatic N) is 1. The van der Waals surface area contributed by atoms with Gasteiger partial charge < -0.3 is 14.8 Å². The van der Waals surface area contributed by atoms with E-state index in [1.165, 1.54) is 11.1 Å². The molecule has 1 N–H and O–H groups in total. The average Bonchev–Trinajstić information content (AvgIpc) is 3.17. The van der Waals surface area contributed by atoms with Gasteiger partial charge in [0.25, 0.3) is 5.91 Å². The summed E-state index contributed by atoms with van der Waals surface area (Å²) < 4.78 is 11.0. The summed E-state index contributed by atoms with van der Waals surface area (Å²) in [5, 5.41) is 7.23. The van der Waals surface area contributed by atoms with Gasteiger partial charge in [0.15, 0.2) is 6.61 Å². The number of amides is 1. The summed E-state index contributed by atoms with van der Waals surface area (Å²) in [5.41, 5.74) is 2.41. The number of carbonyl (C=O) groups excluding carboxylic acids is 1. The van der Waals surface area contributed by atoms with E-state index >= 15 is 0 Å². The molecule has 134 valence electrons. The van der Waals surface area contributed by atoms with Crippen molar-refractivity contribution in [3.05, 3.63) is 52.2 Å². The third-order valence-corrected chi connectivity index (χ3v) is 5.00. The van der Waals surface area contributed by atoms with E-state index in [0.717, 1.165) is 26.3 Å². The van der Waals surface area contributed by atoms with Crippen LogP contribution in [0.1, 0.15) is 17.2 Å². The number of rotatable bonds is 7.